The largest absolute Gasteiger partial charge is 0.394 e. The third-order valence-corrected chi connectivity index (χ3v) is 2.60. The molecule has 5 atom stereocenters. The fraction of sp³-hybridized carbons (Fsp3) is 0.727. The highest BCUT2D eigenvalue weighted by Gasteiger charge is 2.45. The molecular formula is C11H17NO6. The van der Waals surface area contributed by atoms with Gasteiger partial charge in [-0.05, 0) is 0 Å². The molecule has 102 valence electrons. The molecule has 4 N–H and O–H groups in total. The lowest BCUT2D eigenvalue weighted by molar-refractivity contribution is -0.260. The molecule has 0 aromatic carbocycles. The van der Waals surface area contributed by atoms with Gasteiger partial charge in [-0.2, -0.15) is 0 Å². The van der Waals surface area contributed by atoms with Gasteiger partial charge in [0, 0.05) is 6.92 Å². The van der Waals surface area contributed by atoms with Gasteiger partial charge in [0.2, 0.25) is 5.91 Å². The van der Waals surface area contributed by atoms with E-state index in [1.165, 1.54) is 6.92 Å². The summed E-state index contributed by atoms with van der Waals surface area (Å²) in [4.78, 5) is 11.0. The second-order valence-electron chi connectivity index (χ2n) is 3.94. The first-order valence-corrected chi connectivity index (χ1v) is 5.46. The SMILES string of the molecule is C#CCO[C@H]1[C@H](O)[C@@H](CO)O[C@@H](O)[C@@H]1NC(C)=O. The van der Waals surface area contributed by atoms with Crippen LogP contribution in [-0.4, -0.2) is 65.1 Å². The summed E-state index contributed by atoms with van der Waals surface area (Å²) >= 11 is 0. The maximum atomic E-state index is 11.0. The molecule has 18 heavy (non-hydrogen) atoms. The third-order valence-electron chi connectivity index (χ3n) is 2.60. The zero-order valence-corrected chi connectivity index (χ0v) is 9.94. The molecule has 0 aromatic rings. The second kappa shape index (κ2) is 6.68. The molecule has 1 aliphatic rings. The van der Waals surface area contributed by atoms with E-state index in [0.717, 1.165) is 0 Å². The predicted octanol–water partition coefficient (Wildman–Crippen LogP) is -2.42. The number of terminal acetylenes is 1. The molecule has 0 aromatic heterocycles. The zero-order valence-electron chi connectivity index (χ0n) is 9.94. The molecular weight excluding hydrogens is 242 g/mol. The standard InChI is InChI=1S/C11H17NO6/c1-3-4-17-10-8(12-6(2)14)11(16)18-7(5-13)9(10)15/h1,7-11,13,15-16H,4-5H2,2H3,(H,12,14)/t7-,8-,9-,10-,11-/m1/s1. The van der Waals surface area contributed by atoms with Crippen LogP contribution in [0, 0.1) is 12.3 Å². The number of carbonyl (C=O) groups is 1. The van der Waals surface area contributed by atoms with E-state index in [2.05, 4.69) is 11.2 Å². The van der Waals surface area contributed by atoms with Crippen LogP contribution >= 0.6 is 0 Å². The number of aliphatic hydroxyl groups excluding tert-OH is 3. The van der Waals surface area contributed by atoms with Crippen LogP contribution < -0.4 is 5.32 Å². The fourth-order valence-electron chi connectivity index (χ4n) is 1.82. The highest BCUT2D eigenvalue weighted by molar-refractivity contribution is 5.73. The summed E-state index contributed by atoms with van der Waals surface area (Å²) in [5, 5.41) is 31.1. The van der Waals surface area contributed by atoms with Gasteiger partial charge in [-0.15, -0.1) is 6.42 Å². The van der Waals surface area contributed by atoms with Gasteiger partial charge in [-0.1, -0.05) is 5.92 Å². The quantitative estimate of drug-likeness (QED) is 0.418. The van der Waals surface area contributed by atoms with Crippen molar-refractivity contribution in [2.24, 2.45) is 0 Å². The highest BCUT2D eigenvalue weighted by Crippen LogP contribution is 2.22. The van der Waals surface area contributed by atoms with E-state index in [9.17, 15) is 15.0 Å². The van der Waals surface area contributed by atoms with Crippen molar-refractivity contribution in [2.45, 2.75) is 37.6 Å². The van der Waals surface area contributed by atoms with Crippen LogP contribution in [0.15, 0.2) is 0 Å². The average molecular weight is 259 g/mol. The first-order chi connectivity index (χ1) is 8.51. The number of aliphatic hydroxyl groups is 3. The van der Waals surface area contributed by atoms with Crippen molar-refractivity contribution < 1.29 is 29.6 Å². The summed E-state index contributed by atoms with van der Waals surface area (Å²) in [6, 6.07) is -0.950. The van der Waals surface area contributed by atoms with E-state index >= 15 is 0 Å². The van der Waals surface area contributed by atoms with Crippen LogP contribution in [0.3, 0.4) is 0 Å². The molecule has 1 amide bonds. The Morgan fingerprint density at radius 2 is 2.22 bits per heavy atom. The molecule has 0 bridgehead atoms. The van der Waals surface area contributed by atoms with Crippen molar-refractivity contribution in [1.82, 2.24) is 5.32 Å². The maximum absolute atomic E-state index is 11.0. The summed E-state index contributed by atoms with van der Waals surface area (Å²) in [7, 11) is 0. The molecule has 1 heterocycles. The predicted molar refractivity (Wildman–Crippen MR) is 60.2 cm³/mol. The number of hydrogen-bond donors (Lipinski definition) is 4. The van der Waals surface area contributed by atoms with Gasteiger partial charge in [0.05, 0.1) is 6.61 Å². The monoisotopic (exact) mass is 259 g/mol. The Bertz CT molecular complexity index is 328. The van der Waals surface area contributed by atoms with Crippen molar-refractivity contribution in [3.63, 3.8) is 0 Å². The molecule has 0 unspecified atom stereocenters. The Hall–Kier alpha value is -1.17. The first kappa shape index (κ1) is 14.9. The van der Waals surface area contributed by atoms with Crippen molar-refractivity contribution in [2.75, 3.05) is 13.2 Å². The maximum Gasteiger partial charge on any atom is 0.217 e. The average Bonchev–Trinajstić information content (AvgIpc) is 2.32. The van der Waals surface area contributed by atoms with E-state index < -0.39 is 43.2 Å². The van der Waals surface area contributed by atoms with E-state index in [4.69, 9.17) is 21.0 Å². The minimum atomic E-state index is -1.39. The number of amides is 1. The van der Waals surface area contributed by atoms with Crippen LogP contribution in [-0.2, 0) is 14.3 Å². The lowest BCUT2D eigenvalue weighted by atomic mass is 9.96. The molecule has 1 saturated heterocycles. The summed E-state index contributed by atoms with van der Waals surface area (Å²) in [6.07, 6.45) is 0.510. The smallest absolute Gasteiger partial charge is 0.217 e. The Kier molecular flexibility index (Phi) is 5.53. The van der Waals surface area contributed by atoms with Gasteiger partial charge < -0.3 is 30.1 Å². The molecule has 0 aliphatic carbocycles. The molecule has 1 rings (SSSR count). The molecule has 0 saturated carbocycles. The van der Waals surface area contributed by atoms with E-state index in [1.807, 2.05) is 0 Å². The molecule has 0 spiro atoms. The third kappa shape index (κ3) is 3.41. The van der Waals surface area contributed by atoms with Crippen molar-refractivity contribution in [3.05, 3.63) is 0 Å². The van der Waals surface area contributed by atoms with Gasteiger partial charge in [-0.25, -0.2) is 0 Å². The topological polar surface area (TPSA) is 108 Å². The Balaban J connectivity index is 2.83. The van der Waals surface area contributed by atoms with E-state index in [1.54, 1.807) is 0 Å². The molecule has 7 heteroatoms. The van der Waals surface area contributed by atoms with Crippen molar-refractivity contribution in [3.8, 4) is 12.3 Å². The normalized spacial score (nSPS) is 35.8. The highest BCUT2D eigenvalue weighted by atomic mass is 16.6. The minimum absolute atomic E-state index is 0.0946. The molecule has 1 aliphatic heterocycles. The van der Waals surface area contributed by atoms with Crippen LogP contribution in [0.4, 0.5) is 0 Å². The van der Waals surface area contributed by atoms with E-state index in [0.29, 0.717) is 0 Å². The molecule has 0 radical (unpaired) electrons. The lowest BCUT2D eigenvalue weighted by Crippen LogP contribution is -2.64. The number of nitrogens with one attached hydrogen (secondary N) is 1. The molecule has 7 nitrogen and oxygen atoms in total. The second-order valence-corrected chi connectivity index (χ2v) is 3.94. The Morgan fingerprint density at radius 3 is 2.72 bits per heavy atom. The number of carbonyl (C=O) groups excluding carboxylic acids is 1. The zero-order chi connectivity index (χ0) is 13.7. The van der Waals surface area contributed by atoms with Gasteiger partial charge in [0.25, 0.3) is 0 Å². The van der Waals surface area contributed by atoms with Crippen LogP contribution in [0.1, 0.15) is 6.92 Å². The summed E-state index contributed by atoms with van der Waals surface area (Å²) in [6.45, 7) is 0.680. The summed E-state index contributed by atoms with van der Waals surface area (Å²) in [5.74, 6) is 1.82. The fourth-order valence-corrected chi connectivity index (χ4v) is 1.82. The first-order valence-electron chi connectivity index (χ1n) is 5.46. The van der Waals surface area contributed by atoms with E-state index in [-0.39, 0.29) is 6.61 Å². The van der Waals surface area contributed by atoms with Crippen LogP contribution in [0.25, 0.3) is 0 Å². The van der Waals surface area contributed by atoms with Crippen LogP contribution in [0.2, 0.25) is 0 Å². The van der Waals surface area contributed by atoms with Crippen molar-refractivity contribution >= 4 is 5.91 Å². The van der Waals surface area contributed by atoms with Gasteiger partial charge in [0.15, 0.2) is 6.29 Å². The molecule has 1 fully saturated rings. The summed E-state index contributed by atoms with van der Waals surface area (Å²) < 4.78 is 10.2. The number of hydrogen-bond acceptors (Lipinski definition) is 6. The number of rotatable bonds is 4. The lowest BCUT2D eigenvalue weighted by Gasteiger charge is -2.42. The Labute approximate surface area is 105 Å². The minimum Gasteiger partial charge on any atom is -0.394 e. The van der Waals surface area contributed by atoms with Crippen molar-refractivity contribution in [1.29, 1.82) is 0 Å². The van der Waals surface area contributed by atoms with Gasteiger partial charge in [0.1, 0.15) is 31.0 Å². The van der Waals surface area contributed by atoms with Crippen LogP contribution in [0.5, 0.6) is 0 Å². The Morgan fingerprint density at radius 1 is 1.56 bits per heavy atom. The number of ether oxygens (including phenoxy) is 2. The van der Waals surface area contributed by atoms with Gasteiger partial charge >= 0.3 is 0 Å². The summed E-state index contributed by atoms with van der Waals surface area (Å²) in [5.41, 5.74) is 0. The van der Waals surface area contributed by atoms with Gasteiger partial charge in [-0.3, -0.25) is 4.79 Å².